The molecule has 4 nitrogen and oxygen atoms in total. The normalized spacial score (nSPS) is 26.4. The van der Waals surface area contributed by atoms with Gasteiger partial charge in [0.15, 0.2) is 0 Å². The first kappa shape index (κ1) is 13.8. The molecule has 1 saturated heterocycles. The molecule has 1 heterocycles. The van der Waals surface area contributed by atoms with Gasteiger partial charge < -0.3 is 0 Å². The summed E-state index contributed by atoms with van der Waals surface area (Å²) in [6.45, 7) is 1.80. The van der Waals surface area contributed by atoms with Crippen LogP contribution in [0, 0.1) is 5.92 Å². The van der Waals surface area contributed by atoms with Crippen molar-refractivity contribution >= 4 is 5.91 Å². The lowest BCUT2D eigenvalue weighted by molar-refractivity contribution is -0.184. The number of amides is 1. The standard InChI is InChI=1S/C14H26N2O2/c1-15-10-6-9-13(15)14(17)16(18-2)11-12-7-4-3-5-8-12/h12-13H,3-11H2,1-2H3/t13-/m0/s1. The van der Waals surface area contributed by atoms with Crippen LogP contribution in [0.15, 0.2) is 0 Å². The molecule has 0 aromatic heterocycles. The molecule has 0 aromatic rings. The molecule has 1 aliphatic carbocycles. The van der Waals surface area contributed by atoms with Gasteiger partial charge in [-0.1, -0.05) is 19.3 Å². The molecule has 1 atom stereocenters. The zero-order valence-corrected chi connectivity index (χ0v) is 11.7. The molecular weight excluding hydrogens is 228 g/mol. The number of rotatable bonds is 4. The van der Waals surface area contributed by atoms with E-state index in [4.69, 9.17) is 4.84 Å². The smallest absolute Gasteiger partial charge is 0.263 e. The van der Waals surface area contributed by atoms with Gasteiger partial charge in [0, 0.05) is 0 Å². The Bertz CT molecular complexity index is 277. The quantitative estimate of drug-likeness (QED) is 0.720. The number of carbonyl (C=O) groups is 1. The second-order valence-electron chi connectivity index (χ2n) is 5.72. The number of hydrogen-bond donors (Lipinski definition) is 0. The lowest BCUT2D eigenvalue weighted by Gasteiger charge is -2.31. The minimum Gasteiger partial charge on any atom is -0.295 e. The number of hydrogen-bond acceptors (Lipinski definition) is 3. The van der Waals surface area contributed by atoms with Crippen LogP contribution in [0.1, 0.15) is 44.9 Å². The highest BCUT2D eigenvalue weighted by Gasteiger charge is 2.32. The van der Waals surface area contributed by atoms with Crippen LogP contribution in [0.4, 0.5) is 0 Å². The number of likely N-dealkylation sites (tertiary alicyclic amines) is 1. The van der Waals surface area contributed by atoms with Crippen LogP contribution in [-0.2, 0) is 9.63 Å². The molecule has 0 aromatic carbocycles. The molecular formula is C14H26N2O2. The van der Waals surface area contributed by atoms with Crippen molar-refractivity contribution in [3.05, 3.63) is 0 Å². The van der Waals surface area contributed by atoms with Crippen molar-refractivity contribution in [2.45, 2.75) is 51.0 Å². The monoisotopic (exact) mass is 254 g/mol. The summed E-state index contributed by atoms with van der Waals surface area (Å²) in [6.07, 6.45) is 8.54. The second kappa shape index (κ2) is 6.53. The van der Waals surface area contributed by atoms with E-state index in [2.05, 4.69) is 4.90 Å². The van der Waals surface area contributed by atoms with Gasteiger partial charge in [-0.05, 0) is 45.2 Å². The summed E-state index contributed by atoms with van der Waals surface area (Å²) >= 11 is 0. The fourth-order valence-corrected chi connectivity index (χ4v) is 3.25. The number of hydroxylamine groups is 2. The molecule has 1 aliphatic heterocycles. The van der Waals surface area contributed by atoms with Gasteiger partial charge in [0.1, 0.15) is 0 Å². The Balaban J connectivity index is 1.88. The summed E-state index contributed by atoms with van der Waals surface area (Å²) in [5.41, 5.74) is 0. The topological polar surface area (TPSA) is 32.8 Å². The highest BCUT2D eigenvalue weighted by atomic mass is 16.7. The maximum absolute atomic E-state index is 12.4. The molecule has 2 aliphatic rings. The Kier molecular flexibility index (Phi) is 5.01. The molecule has 1 saturated carbocycles. The van der Waals surface area contributed by atoms with Gasteiger partial charge in [0.05, 0.1) is 19.7 Å². The zero-order valence-electron chi connectivity index (χ0n) is 11.7. The van der Waals surface area contributed by atoms with E-state index >= 15 is 0 Å². The predicted octanol–water partition coefficient (Wildman–Crippen LogP) is 2.05. The van der Waals surface area contributed by atoms with Crippen LogP contribution in [0.5, 0.6) is 0 Å². The van der Waals surface area contributed by atoms with Crippen molar-refractivity contribution in [1.82, 2.24) is 9.96 Å². The first-order valence-electron chi connectivity index (χ1n) is 7.28. The van der Waals surface area contributed by atoms with E-state index in [0.717, 1.165) is 25.9 Å². The lowest BCUT2D eigenvalue weighted by Crippen LogP contribution is -2.45. The van der Waals surface area contributed by atoms with Crippen LogP contribution in [0.25, 0.3) is 0 Å². The fourth-order valence-electron chi connectivity index (χ4n) is 3.25. The minimum atomic E-state index is 0.0357. The largest absolute Gasteiger partial charge is 0.295 e. The van der Waals surface area contributed by atoms with Crippen LogP contribution < -0.4 is 0 Å². The van der Waals surface area contributed by atoms with Gasteiger partial charge in [-0.2, -0.15) is 0 Å². The van der Waals surface area contributed by atoms with Crippen molar-refractivity contribution in [3.63, 3.8) is 0 Å². The summed E-state index contributed by atoms with van der Waals surface area (Å²) in [6, 6.07) is 0.0357. The molecule has 1 amide bonds. The SMILES string of the molecule is CON(CC1CCCCC1)C(=O)[C@@H]1CCCN1C. The third-order valence-electron chi connectivity index (χ3n) is 4.42. The van der Waals surface area contributed by atoms with E-state index in [9.17, 15) is 4.79 Å². The van der Waals surface area contributed by atoms with E-state index in [-0.39, 0.29) is 11.9 Å². The Labute approximate surface area is 110 Å². The summed E-state index contributed by atoms with van der Waals surface area (Å²) < 4.78 is 0. The first-order chi connectivity index (χ1) is 8.72. The summed E-state index contributed by atoms with van der Waals surface area (Å²) in [5.74, 6) is 0.789. The van der Waals surface area contributed by atoms with Gasteiger partial charge in [-0.15, -0.1) is 0 Å². The Morgan fingerprint density at radius 2 is 1.94 bits per heavy atom. The highest BCUT2D eigenvalue weighted by molar-refractivity contribution is 5.81. The van der Waals surface area contributed by atoms with Crippen LogP contribution in [0.2, 0.25) is 0 Å². The van der Waals surface area contributed by atoms with Crippen molar-refractivity contribution in [3.8, 4) is 0 Å². The molecule has 104 valence electrons. The van der Waals surface area contributed by atoms with Crippen molar-refractivity contribution in [2.24, 2.45) is 5.92 Å². The molecule has 0 N–H and O–H groups in total. The molecule has 0 radical (unpaired) electrons. The first-order valence-corrected chi connectivity index (χ1v) is 7.28. The summed E-state index contributed by atoms with van der Waals surface area (Å²) in [5, 5.41) is 1.61. The van der Waals surface area contributed by atoms with E-state index in [1.807, 2.05) is 7.05 Å². The van der Waals surface area contributed by atoms with Gasteiger partial charge in [0.25, 0.3) is 5.91 Å². The van der Waals surface area contributed by atoms with Crippen LogP contribution in [-0.4, -0.2) is 49.2 Å². The molecule has 0 bridgehead atoms. The van der Waals surface area contributed by atoms with E-state index in [1.165, 1.54) is 32.1 Å². The molecule has 0 unspecified atom stereocenters. The second-order valence-corrected chi connectivity index (χ2v) is 5.72. The lowest BCUT2D eigenvalue weighted by atomic mass is 9.89. The van der Waals surface area contributed by atoms with Crippen LogP contribution in [0.3, 0.4) is 0 Å². The highest BCUT2D eigenvalue weighted by Crippen LogP contribution is 2.25. The number of nitrogens with zero attached hydrogens (tertiary/aromatic N) is 2. The maximum atomic E-state index is 12.4. The van der Waals surface area contributed by atoms with Gasteiger partial charge in [-0.25, -0.2) is 5.06 Å². The summed E-state index contributed by atoms with van der Waals surface area (Å²) in [7, 11) is 3.65. The van der Waals surface area contributed by atoms with E-state index in [1.54, 1.807) is 12.2 Å². The van der Waals surface area contributed by atoms with Crippen LogP contribution >= 0.6 is 0 Å². The maximum Gasteiger partial charge on any atom is 0.263 e. The average Bonchev–Trinajstić information content (AvgIpc) is 2.82. The number of carbonyl (C=O) groups excluding carboxylic acids is 1. The fraction of sp³-hybridized carbons (Fsp3) is 0.929. The number of likely N-dealkylation sites (N-methyl/N-ethyl adjacent to an activating group) is 1. The van der Waals surface area contributed by atoms with Crippen molar-refractivity contribution < 1.29 is 9.63 Å². The van der Waals surface area contributed by atoms with E-state index in [0.29, 0.717) is 5.92 Å². The molecule has 0 spiro atoms. The summed E-state index contributed by atoms with van der Waals surface area (Å²) in [4.78, 5) is 19.9. The third-order valence-corrected chi connectivity index (χ3v) is 4.42. The van der Waals surface area contributed by atoms with Gasteiger partial charge >= 0.3 is 0 Å². The molecule has 2 fully saturated rings. The molecule has 2 rings (SSSR count). The molecule has 18 heavy (non-hydrogen) atoms. The van der Waals surface area contributed by atoms with Crippen molar-refractivity contribution in [1.29, 1.82) is 0 Å². The minimum absolute atomic E-state index is 0.0357. The van der Waals surface area contributed by atoms with Crippen molar-refractivity contribution in [2.75, 3.05) is 27.2 Å². The zero-order chi connectivity index (χ0) is 13.0. The third kappa shape index (κ3) is 3.23. The average molecular weight is 254 g/mol. The van der Waals surface area contributed by atoms with Gasteiger partial charge in [0.2, 0.25) is 0 Å². The Morgan fingerprint density at radius 1 is 1.22 bits per heavy atom. The predicted molar refractivity (Wildman–Crippen MR) is 70.9 cm³/mol. The van der Waals surface area contributed by atoms with Gasteiger partial charge in [-0.3, -0.25) is 14.5 Å². The van der Waals surface area contributed by atoms with E-state index < -0.39 is 0 Å². The molecule has 4 heteroatoms. The Morgan fingerprint density at radius 3 is 2.50 bits per heavy atom. The Hall–Kier alpha value is -0.610.